The van der Waals surface area contributed by atoms with Crippen LogP contribution in [0.3, 0.4) is 0 Å². The zero-order chi connectivity index (χ0) is 18.6. The Morgan fingerprint density at radius 2 is 2.12 bits per heavy atom. The minimum Gasteiger partial charge on any atom is -0.361 e. The Labute approximate surface area is 147 Å². The molecule has 1 N–H and O–H groups in total. The Kier molecular flexibility index (Phi) is 5.76. The van der Waals surface area contributed by atoms with Gasteiger partial charge in [0.15, 0.2) is 0 Å². The third-order valence-corrected chi connectivity index (χ3v) is 5.15. The van der Waals surface area contributed by atoms with Crippen molar-refractivity contribution in [3.05, 3.63) is 59.5 Å². The van der Waals surface area contributed by atoms with Crippen LogP contribution in [0.1, 0.15) is 27.4 Å². The lowest BCUT2D eigenvalue weighted by Gasteiger charge is -2.17. The molecule has 25 heavy (non-hydrogen) atoms. The van der Waals surface area contributed by atoms with E-state index in [9.17, 15) is 13.2 Å². The van der Waals surface area contributed by atoms with Crippen LogP contribution in [0.5, 0.6) is 0 Å². The summed E-state index contributed by atoms with van der Waals surface area (Å²) >= 11 is 0. The number of benzene rings is 1. The second kappa shape index (κ2) is 7.62. The average Bonchev–Trinajstić information content (AvgIpc) is 2.91. The van der Waals surface area contributed by atoms with E-state index >= 15 is 0 Å². The van der Waals surface area contributed by atoms with Crippen molar-refractivity contribution in [3.63, 3.8) is 0 Å². The van der Waals surface area contributed by atoms with Gasteiger partial charge in [-0.15, -0.1) is 6.58 Å². The minimum absolute atomic E-state index is 0.0333. The summed E-state index contributed by atoms with van der Waals surface area (Å²) in [6.45, 7) is 7.51. The van der Waals surface area contributed by atoms with Crippen LogP contribution in [-0.2, 0) is 16.6 Å². The Balaban J connectivity index is 2.22. The van der Waals surface area contributed by atoms with E-state index in [0.29, 0.717) is 12.3 Å². The average molecular weight is 363 g/mol. The van der Waals surface area contributed by atoms with Crippen molar-refractivity contribution >= 4 is 15.9 Å². The van der Waals surface area contributed by atoms with Crippen molar-refractivity contribution in [2.75, 3.05) is 13.6 Å². The summed E-state index contributed by atoms with van der Waals surface area (Å²) in [6.07, 6.45) is 1.45. The van der Waals surface area contributed by atoms with E-state index in [4.69, 9.17) is 4.52 Å². The number of aromatic nitrogens is 1. The second-order valence-electron chi connectivity index (χ2n) is 5.63. The van der Waals surface area contributed by atoms with Gasteiger partial charge in [0.1, 0.15) is 5.76 Å². The number of carbonyl (C=O) groups is 1. The molecule has 0 radical (unpaired) electrons. The molecule has 1 heterocycles. The van der Waals surface area contributed by atoms with Crippen molar-refractivity contribution < 1.29 is 17.7 Å². The molecule has 2 aromatic rings. The molecule has 0 aliphatic rings. The molecule has 0 aliphatic heterocycles. The fourth-order valence-corrected chi connectivity index (χ4v) is 3.35. The van der Waals surface area contributed by atoms with Crippen LogP contribution in [0.4, 0.5) is 0 Å². The minimum atomic E-state index is -3.68. The number of nitrogens with zero attached hydrogens (tertiary/aromatic N) is 2. The van der Waals surface area contributed by atoms with Crippen LogP contribution in [0, 0.1) is 13.8 Å². The van der Waals surface area contributed by atoms with Crippen LogP contribution < -0.4 is 4.72 Å². The van der Waals surface area contributed by atoms with Gasteiger partial charge in [-0.05, 0) is 32.0 Å². The molecule has 1 aromatic heterocycles. The first-order valence-corrected chi connectivity index (χ1v) is 9.12. The SMILES string of the molecule is C=CCNS(=O)(=O)c1cccc(C(=O)N(C)Cc2c(C)noc2C)c1. The molecule has 8 heteroatoms. The highest BCUT2D eigenvalue weighted by Crippen LogP contribution is 2.17. The van der Waals surface area contributed by atoms with Gasteiger partial charge in [0, 0.05) is 24.7 Å². The predicted octanol–water partition coefficient (Wildman–Crippen LogP) is 2.03. The topological polar surface area (TPSA) is 92.5 Å². The van der Waals surface area contributed by atoms with Gasteiger partial charge in [-0.25, -0.2) is 13.1 Å². The summed E-state index contributed by atoms with van der Waals surface area (Å²) in [7, 11) is -2.04. The van der Waals surface area contributed by atoms with Gasteiger partial charge in [0.2, 0.25) is 10.0 Å². The van der Waals surface area contributed by atoms with Gasteiger partial charge in [-0.1, -0.05) is 17.3 Å². The maximum atomic E-state index is 12.6. The number of nitrogens with one attached hydrogen (secondary N) is 1. The quantitative estimate of drug-likeness (QED) is 0.760. The van der Waals surface area contributed by atoms with Crippen LogP contribution >= 0.6 is 0 Å². The molecule has 0 spiro atoms. The van der Waals surface area contributed by atoms with Gasteiger partial charge in [0.05, 0.1) is 17.1 Å². The lowest BCUT2D eigenvalue weighted by Crippen LogP contribution is -2.27. The van der Waals surface area contributed by atoms with Gasteiger partial charge >= 0.3 is 0 Å². The monoisotopic (exact) mass is 363 g/mol. The van der Waals surface area contributed by atoms with Crippen LogP contribution in [0.15, 0.2) is 46.3 Å². The number of hydrogen-bond donors (Lipinski definition) is 1. The Hall–Kier alpha value is -2.45. The summed E-state index contributed by atoms with van der Waals surface area (Å²) in [5, 5.41) is 3.87. The molecule has 1 aromatic carbocycles. The fraction of sp³-hybridized carbons (Fsp3) is 0.294. The Morgan fingerprint density at radius 1 is 1.40 bits per heavy atom. The van der Waals surface area contributed by atoms with E-state index in [-0.39, 0.29) is 22.9 Å². The second-order valence-corrected chi connectivity index (χ2v) is 7.40. The smallest absolute Gasteiger partial charge is 0.253 e. The van der Waals surface area contributed by atoms with Crippen LogP contribution in [-0.4, -0.2) is 38.0 Å². The number of carbonyl (C=O) groups excluding carboxylic acids is 1. The molecule has 0 aliphatic carbocycles. The predicted molar refractivity (Wildman–Crippen MR) is 93.6 cm³/mol. The van der Waals surface area contributed by atoms with Crippen molar-refractivity contribution in [3.8, 4) is 0 Å². The highest BCUT2D eigenvalue weighted by atomic mass is 32.2. The number of rotatable bonds is 7. The molecular weight excluding hydrogens is 342 g/mol. The molecule has 0 unspecified atom stereocenters. The summed E-state index contributed by atoms with van der Waals surface area (Å²) in [5.74, 6) is 0.364. The molecule has 7 nitrogen and oxygen atoms in total. The Morgan fingerprint density at radius 3 is 2.72 bits per heavy atom. The number of sulfonamides is 1. The molecule has 0 saturated heterocycles. The molecule has 0 saturated carbocycles. The zero-order valence-electron chi connectivity index (χ0n) is 14.4. The van der Waals surface area contributed by atoms with E-state index in [1.165, 1.54) is 23.1 Å². The van der Waals surface area contributed by atoms with E-state index < -0.39 is 10.0 Å². The first kappa shape index (κ1) is 18.9. The first-order chi connectivity index (χ1) is 11.8. The molecule has 0 fully saturated rings. The largest absolute Gasteiger partial charge is 0.361 e. The summed E-state index contributed by atoms with van der Waals surface area (Å²) in [6, 6.07) is 5.92. The van der Waals surface area contributed by atoms with Gasteiger partial charge in [0.25, 0.3) is 5.91 Å². The third-order valence-electron chi connectivity index (χ3n) is 3.73. The number of aryl methyl sites for hydroxylation is 2. The maximum absolute atomic E-state index is 12.6. The van der Waals surface area contributed by atoms with Crippen LogP contribution in [0.25, 0.3) is 0 Å². The fourth-order valence-electron chi connectivity index (χ4n) is 2.31. The van der Waals surface area contributed by atoms with E-state index in [1.807, 2.05) is 6.92 Å². The van der Waals surface area contributed by atoms with Gasteiger partial charge < -0.3 is 9.42 Å². The van der Waals surface area contributed by atoms with E-state index in [1.54, 1.807) is 26.1 Å². The lowest BCUT2D eigenvalue weighted by molar-refractivity contribution is 0.0784. The molecule has 0 atom stereocenters. The van der Waals surface area contributed by atoms with Crippen molar-refractivity contribution in [2.45, 2.75) is 25.3 Å². The van der Waals surface area contributed by atoms with Gasteiger partial charge in [-0.2, -0.15) is 0 Å². The van der Waals surface area contributed by atoms with E-state index in [0.717, 1.165) is 11.3 Å². The zero-order valence-corrected chi connectivity index (χ0v) is 15.3. The van der Waals surface area contributed by atoms with E-state index in [2.05, 4.69) is 16.5 Å². The molecule has 0 bridgehead atoms. The summed E-state index contributed by atoms with van der Waals surface area (Å²) < 4.78 is 31.8. The first-order valence-electron chi connectivity index (χ1n) is 7.64. The maximum Gasteiger partial charge on any atom is 0.253 e. The standard InChI is InChI=1S/C17H21N3O4S/c1-5-9-18-25(22,23)15-8-6-7-14(10-15)17(21)20(4)11-16-12(2)19-24-13(16)3/h5-8,10,18H,1,9,11H2,2-4H3. The summed E-state index contributed by atoms with van der Waals surface area (Å²) in [4.78, 5) is 14.2. The van der Waals surface area contributed by atoms with Crippen molar-refractivity contribution in [1.29, 1.82) is 0 Å². The summed E-state index contributed by atoms with van der Waals surface area (Å²) in [5.41, 5.74) is 1.85. The third kappa shape index (κ3) is 4.34. The molecule has 134 valence electrons. The molecule has 2 rings (SSSR count). The molecular formula is C17H21N3O4S. The normalized spacial score (nSPS) is 11.3. The lowest BCUT2D eigenvalue weighted by atomic mass is 10.1. The highest BCUT2D eigenvalue weighted by molar-refractivity contribution is 7.89. The highest BCUT2D eigenvalue weighted by Gasteiger charge is 2.19. The number of amides is 1. The van der Waals surface area contributed by atoms with Crippen molar-refractivity contribution in [2.24, 2.45) is 0 Å². The Bertz CT molecular complexity index is 868. The number of hydrogen-bond acceptors (Lipinski definition) is 5. The van der Waals surface area contributed by atoms with Gasteiger partial charge in [-0.3, -0.25) is 4.79 Å². The van der Waals surface area contributed by atoms with Crippen LogP contribution in [0.2, 0.25) is 0 Å². The van der Waals surface area contributed by atoms with Crippen molar-refractivity contribution in [1.82, 2.24) is 14.8 Å². The molecule has 1 amide bonds.